The normalized spacial score (nSPS) is 11.6. The van der Waals surface area contributed by atoms with E-state index in [2.05, 4.69) is 35.2 Å². The smallest absolute Gasteiger partial charge is 0.260 e. The minimum atomic E-state index is -0.294. The van der Waals surface area contributed by atoms with Crippen LogP contribution in [0.2, 0.25) is 0 Å². The molecule has 2 aliphatic rings. The van der Waals surface area contributed by atoms with Gasteiger partial charge >= 0.3 is 0 Å². The molecule has 2 heterocycles. The third kappa shape index (κ3) is 5.21. The van der Waals surface area contributed by atoms with Crippen LogP contribution in [-0.4, -0.2) is 6.71 Å². The third-order valence-electron chi connectivity index (χ3n) is 9.69. The standard InChI is InChI=1S/C45H26BN5O2/c47-27-30-11-7-9-17-39(30)50(33-13-3-1-4-14-33)35-20-22-37-42(25-35)52-41-24-19-32(29-49)45-44(41)46(37)38-23-21-36(26-43(38)53-45)51(34-15-5-2-6-16-34)40-18-10-8-12-31(40)28-48/h1-26H. The highest BCUT2D eigenvalue weighted by molar-refractivity contribution is 6.98. The number of nitrogens with zero attached hydrogens (tertiary/aromatic N) is 5. The lowest BCUT2D eigenvalue weighted by atomic mass is 9.34. The molecule has 9 rings (SSSR count). The first-order chi connectivity index (χ1) is 26.2. The van der Waals surface area contributed by atoms with E-state index in [1.807, 2.05) is 144 Å². The maximum absolute atomic E-state index is 10.2. The second-order valence-corrected chi connectivity index (χ2v) is 12.6. The van der Waals surface area contributed by atoms with Crippen LogP contribution in [0.15, 0.2) is 158 Å². The van der Waals surface area contributed by atoms with Gasteiger partial charge in [0, 0.05) is 40.3 Å². The number of hydrogen-bond acceptors (Lipinski definition) is 7. The fraction of sp³-hybridized carbons (Fsp3) is 0. The van der Waals surface area contributed by atoms with E-state index in [9.17, 15) is 15.8 Å². The summed E-state index contributed by atoms with van der Waals surface area (Å²) in [5.74, 6) is 2.35. The topological polar surface area (TPSA) is 96.3 Å². The van der Waals surface area contributed by atoms with Gasteiger partial charge in [-0.3, -0.25) is 0 Å². The number of fused-ring (bicyclic) bond motifs is 4. The number of benzene rings is 7. The minimum absolute atomic E-state index is 0.294. The lowest BCUT2D eigenvalue weighted by Gasteiger charge is -2.35. The first-order valence-corrected chi connectivity index (χ1v) is 17.1. The van der Waals surface area contributed by atoms with E-state index in [0.717, 1.165) is 50.5 Å². The van der Waals surface area contributed by atoms with Crippen molar-refractivity contribution in [2.24, 2.45) is 0 Å². The largest absolute Gasteiger partial charge is 0.458 e. The molecule has 8 heteroatoms. The Hall–Kier alpha value is -7.73. The van der Waals surface area contributed by atoms with Gasteiger partial charge in [0.1, 0.15) is 41.2 Å². The van der Waals surface area contributed by atoms with Gasteiger partial charge in [0.25, 0.3) is 6.71 Å². The molecule has 2 aliphatic heterocycles. The number of anilines is 6. The zero-order valence-electron chi connectivity index (χ0n) is 28.1. The van der Waals surface area contributed by atoms with Crippen molar-refractivity contribution in [1.29, 1.82) is 15.8 Å². The SMILES string of the molecule is N#Cc1ccccc1N(c1ccccc1)c1ccc2c(c1)Oc1ccc(C#N)c3c1B2c1ccc(N(c2ccccc2)c2ccccc2C#N)cc1O3. The van der Waals surface area contributed by atoms with Crippen LogP contribution in [0.4, 0.5) is 34.1 Å². The van der Waals surface area contributed by atoms with Crippen LogP contribution in [0, 0.1) is 34.0 Å². The average Bonchev–Trinajstić information content (AvgIpc) is 3.22. The zero-order valence-corrected chi connectivity index (χ0v) is 28.1. The minimum Gasteiger partial charge on any atom is -0.458 e. The molecule has 0 atom stereocenters. The Kier molecular flexibility index (Phi) is 7.59. The van der Waals surface area contributed by atoms with Crippen LogP contribution in [0.25, 0.3) is 0 Å². The molecule has 53 heavy (non-hydrogen) atoms. The average molecular weight is 680 g/mol. The fourth-order valence-electron chi connectivity index (χ4n) is 7.36. The highest BCUT2D eigenvalue weighted by Crippen LogP contribution is 2.43. The van der Waals surface area contributed by atoms with Crippen molar-refractivity contribution in [2.75, 3.05) is 9.80 Å². The van der Waals surface area contributed by atoms with E-state index in [-0.39, 0.29) is 6.71 Å². The lowest BCUT2D eigenvalue weighted by Crippen LogP contribution is -2.57. The molecule has 0 saturated carbocycles. The van der Waals surface area contributed by atoms with Gasteiger partial charge in [-0.2, -0.15) is 15.8 Å². The molecule has 0 bridgehead atoms. The molecule has 0 spiro atoms. The maximum atomic E-state index is 10.2. The quantitative estimate of drug-likeness (QED) is 0.162. The summed E-state index contributed by atoms with van der Waals surface area (Å²) in [5, 5.41) is 30.3. The van der Waals surface area contributed by atoms with E-state index >= 15 is 0 Å². The van der Waals surface area contributed by atoms with Gasteiger partial charge in [-0.15, -0.1) is 0 Å². The van der Waals surface area contributed by atoms with Crippen molar-refractivity contribution in [2.45, 2.75) is 0 Å². The van der Waals surface area contributed by atoms with Crippen LogP contribution in [0.3, 0.4) is 0 Å². The summed E-state index contributed by atoms with van der Waals surface area (Å²) in [4.78, 5) is 4.10. The summed E-state index contributed by atoms with van der Waals surface area (Å²) >= 11 is 0. The monoisotopic (exact) mass is 679 g/mol. The summed E-state index contributed by atoms with van der Waals surface area (Å²) in [7, 11) is 0. The molecule has 0 fully saturated rings. The summed E-state index contributed by atoms with van der Waals surface area (Å²) < 4.78 is 13.3. The van der Waals surface area contributed by atoms with Gasteiger partial charge in [-0.05, 0) is 83.7 Å². The Morgan fingerprint density at radius 1 is 0.415 bits per heavy atom. The molecule has 0 aliphatic carbocycles. The van der Waals surface area contributed by atoms with Gasteiger partial charge in [-0.25, -0.2) is 0 Å². The number of ether oxygens (including phenoxy) is 2. The van der Waals surface area contributed by atoms with Gasteiger partial charge in [0.15, 0.2) is 0 Å². The predicted molar refractivity (Wildman–Crippen MR) is 208 cm³/mol. The molecule has 0 amide bonds. The number of para-hydroxylation sites is 4. The summed E-state index contributed by atoms with van der Waals surface area (Å²) in [6.45, 7) is -0.294. The molecule has 7 nitrogen and oxygen atoms in total. The number of nitriles is 3. The molecule has 0 unspecified atom stereocenters. The van der Waals surface area contributed by atoms with Crippen molar-refractivity contribution in [1.82, 2.24) is 0 Å². The summed E-state index contributed by atoms with van der Waals surface area (Å²) in [5.41, 5.74) is 9.04. The summed E-state index contributed by atoms with van der Waals surface area (Å²) in [6, 6.07) is 57.7. The fourth-order valence-corrected chi connectivity index (χ4v) is 7.36. The molecule has 7 aromatic carbocycles. The first kappa shape index (κ1) is 31.3. The molecule has 0 N–H and O–H groups in total. The van der Waals surface area contributed by atoms with Gasteiger partial charge in [0.2, 0.25) is 0 Å². The Balaban J connectivity index is 1.21. The van der Waals surface area contributed by atoms with Crippen molar-refractivity contribution >= 4 is 57.2 Å². The molecular weight excluding hydrogens is 653 g/mol. The molecule has 7 aromatic rings. The molecular formula is C45H26BN5O2. The Bertz CT molecular complexity index is 2690. The second-order valence-electron chi connectivity index (χ2n) is 12.6. The van der Waals surface area contributed by atoms with Crippen LogP contribution < -0.4 is 35.7 Å². The van der Waals surface area contributed by atoms with Gasteiger partial charge < -0.3 is 19.3 Å². The van der Waals surface area contributed by atoms with Crippen LogP contribution in [0.1, 0.15) is 16.7 Å². The zero-order chi connectivity index (χ0) is 35.9. The van der Waals surface area contributed by atoms with E-state index in [0.29, 0.717) is 39.7 Å². The van der Waals surface area contributed by atoms with Gasteiger partial charge in [-0.1, -0.05) is 72.8 Å². The molecule has 0 radical (unpaired) electrons. The lowest BCUT2D eigenvalue weighted by molar-refractivity contribution is 0.463. The molecule has 0 aromatic heterocycles. The second kappa shape index (κ2) is 12.9. The summed E-state index contributed by atoms with van der Waals surface area (Å²) in [6.07, 6.45) is 0. The van der Waals surface area contributed by atoms with E-state index < -0.39 is 0 Å². The highest BCUT2D eigenvalue weighted by Gasteiger charge is 2.42. The van der Waals surface area contributed by atoms with Crippen molar-refractivity contribution in [3.8, 4) is 41.2 Å². The van der Waals surface area contributed by atoms with E-state index in [1.165, 1.54) is 0 Å². The van der Waals surface area contributed by atoms with E-state index in [4.69, 9.17) is 9.47 Å². The Labute approximate surface area is 307 Å². The molecule has 0 saturated heterocycles. The highest BCUT2D eigenvalue weighted by atomic mass is 16.5. The Morgan fingerprint density at radius 3 is 1.40 bits per heavy atom. The number of hydrogen-bond donors (Lipinski definition) is 0. The van der Waals surface area contributed by atoms with Crippen molar-refractivity contribution in [3.63, 3.8) is 0 Å². The third-order valence-corrected chi connectivity index (χ3v) is 9.69. The van der Waals surface area contributed by atoms with E-state index in [1.54, 1.807) is 6.07 Å². The van der Waals surface area contributed by atoms with Gasteiger partial charge in [0.05, 0.1) is 28.1 Å². The van der Waals surface area contributed by atoms with Crippen LogP contribution in [0.5, 0.6) is 23.0 Å². The van der Waals surface area contributed by atoms with Crippen LogP contribution in [-0.2, 0) is 0 Å². The first-order valence-electron chi connectivity index (χ1n) is 17.1. The van der Waals surface area contributed by atoms with Crippen molar-refractivity contribution < 1.29 is 9.47 Å². The maximum Gasteiger partial charge on any atom is 0.260 e. The predicted octanol–water partition coefficient (Wildman–Crippen LogP) is 8.97. The van der Waals surface area contributed by atoms with Crippen LogP contribution >= 0.6 is 0 Å². The van der Waals surface area contributed by atoms with Crippen molar-refractivity contribution in [3.05, 3.63) is 174 Å². The Morgan fingerprint density at radius 2 is 0.887 bits per heavy atom. The molecule has 246 valence electrons. The number of rotatable bonds is 6.